The first-order valence-corrected chi connectivity index (χ1v) is 27.9. The molecule has 1 heterocycles. The summed E-state index contributed by atoms with van der Waals surface area (Å²) in [5.74, 6) is -3.20. The van der Waals surface area contributed by atoms with Crippen molar-refractivity contribution in [1.29, 1.82) is 0 Å². The number of benzene rings is 1. The number of ether oxygens (including phenoxy) is 5. The molecule has 0 saturated carbocycles. The van der Waals surface area contributed by atoms with Gasteiger partial charge in [-0.15, -0.1) is 0 Å². The molecule has 1 aromatic rings. The lowest BCUT2D eigenvalue weighted by Crippen LogP contribution is -2.66. The Hall–Kier alpha value is -6.36. The fraction of sp³-hybridized carbons (Fsp3) is 0.709. The number of anilines is 1. The smallest absolute Gasteiger partial charge is 0.303 e. The summed E-state index contributed by atoms with van der Waals surface area (Å²) in [5.41, 5.74) is 1.01. The molecule has 1 saturated heterocycles. The normalized spacial score (nSPS) is 16.6. The Morgan fingerprint density at radius 3 is 1.46 bits per heavy atom. The number of amides is 7. The number of para-hydroxylation sites is 1. The van der Waals surface area contributed by atoms with Gasteiger partial charge in [0.1, 0.15) is 18.8 Å². The standard InChI is InChI=1S/C55H90N8O15/c1-7-9-23-46(68)56-29-14-25-49(71)60-33-19-35-63(51(73)28-16-31-58-47(69)24-10-8-2)37-20-36-62(44-21-12-11-13-22-44)34-18-32-59-48(70)26-15-30-57-50(72)27-17-38-74-55-52(61-40(3)64)54(77-43(6)67)53(76-42(5)66)45(78-55)39-75-41(4)65/h11-13,21-22,45,52-55H,7-10,14-20,23-39H2,1-6H3,(H,56,68)(H,57,72)(H,58,69)(H,59,70)(H,60,71)(H,61,64)/t45?,52?,53-,54+,55+/m0/s1. The molecule has 7 amide bonds. The van der Waals surface area contributed by atoms with Crippen LogP contribution in [0, 0.1) is 0 Å². The predicted octanol–water partition coefficient (Wildman–Crippen LogP) is 3.25. The number of carbonyl (C=O) groups excluding carboxylic acids is 10. The van der Waals surface area contributed by atoms with Crippen molar-refractivity contribution in [2.75, 3.05) is 77.0 Å². The minimum atomic E-state index is -1.27. The number of esters is 3. The van der Waals surface area contributed by atoms with Gasteiger partial charge in [0.05, 0.1) is 6.61 Å². The van der Waals surface area contributed by atoms with Crippen LogP contribution in [0.2, 0.25) is 0 Å². The predicted molar refractivity (Wildman–Crippen MR) is 290 cm³/mol. The molecule has 1 aliphatic heterocycles. The molecule has 0 spiro atoms. The molecular formula is C55H90N8O15. The van der Waals surface area contributed by atoms with Gasteiger partial charge in [-0.2, -0.15) is 0 Å². The summed E-state index contributed by atoms with van der Waals surface area (Å²) >= 11 is 0. The monoisotopic (exact) mass is 1100 g/mol. The molecule has 23 nitrogen and oxygen atoms in total. The Morgan fingerprint density at radius 2 is 0.962 bits per heavy atom. The van der Waals surface area contributed by atoms with Crippen molar-refractivity contribution >= 4 is 64.9 Å². The lowest BCUT2D eigenvalue weighted by Gasteiger charge is -2.44. The number of nitrogens with one attached hydrogen (secondary N) is 6. The highest BCUT2D eigenvalue weighted by Crippen LogP contribution is 2.28. The number of rotatable bonds is 41. The Kier molecular flexibility index (Phi) is 35.4. The number of unbranched alkanes of at least 4 members (excludes halogenated alkanes) is 2. The topological polar surface area (TPSA) is 296 Å². The number of nitrogens with zero attached hydrogens (tertiary/aromatic N) is 2. The Bertz CT molecular complexity index is 2000. The van der Waals surface area contributed by atoms with E-state index in [1.807, 2.05) is 49.1 Å². The van der Waals surface area contributed by atoms with Crippen molar-refractivity contribution in [3.63, 3.8) is 0 Å². The summed E-state index contributed by atoms with van der Waals surface area (Å²) in [7, 11) is 0. The van der Waals surface area contributed by atoms with Crippen LogP contribution in [0.1, 0.15) is 151 Å². The van der Waals surface area contributed by atoms with Crippen LogP contribution in [0.5, 0.6) is 0 Å². The fourth-order valence-corrected chi connectivity index (χ4v) is 8.38. The van der Waals surface area contributed by atoms with Gasteiger partial charge in [0.15, 0.2) is 18.5 Å². The van der Waals surface area contributed by atoms with E-state index in [4.69, 9.17) is 23.7 Å². The zero-order chi connectivity index (χ0) is 57.5. The molecule has 1 aliphatic rings. The largest absolute Gasteiger partial charge is 0.463 e. The van der Waals surface area contributed by atoms with Crippen LogP contribution in [0.25, 0.3) is 0 Å². The lowest BCUT2D eigenvalue weighted by atomic mass is 9.96. The van der Waals surface area contributed by atoms with E-state index in [1.165, 1.54) is 13.8 Å². The Balaban J connectivity index is 1.84. The van der Waals surface area contributed by atoms with Crippen molar-refractivity contribution < 1.29 is 71.6 Å². The molecular weight excluding hydrogens is 1010 g/mol. The van der Waals surface area contributed by atoms with Gasteiger partial charge in [0.2, 0.25) is 41.4 Å². The molecule has 0 aliphatic carbocycles. The van der Waals surface area contributed by atoms with E-state index in [0.29, 0.717) is 110 Å². The van der Waals surface area contributed by atoms with Crippen molar-refractivity contribution in [1.82, 2.24) is 36.8 Å². The van der Waals surface area contributed by atoms with Gasteiger partial charge >= 0.3 is 17.9 Å². The molecule has 2 rings (SSSR count). The summed E-state index contributed by atoms with van der Waals surface area (Å²) in [6.45, 7) is 12.5. The van der Waals surface area contributed by atoms with Crippen molar-refractivity contribution in [2.24, 2.45) is 0 Å². The summed E-state index contributed by atoms with van der Waals surface area (Å²) in [4.78, 5) is 127. The minimum Gasteiger partial charge on any atom is -0.463 e. The second-order valence-corrected chi connectivity index (χ2v) is 19.2. The molecule has 0 bridgehead atoms. The van der Waals surface area contributed by atoms with Gasteiger partial charge in [-0.3, -0.25) is 47.9 Å². The molecule has 23 heteroatoms. The first kappa shape index (κ1) is 67.7. The van der Waals surface area contributed by atoms with Gasteiger partial charge in [-0.1, -0.05) is 44.9 Å². The fourth-order valence-electron chi connectivity index (χ4n) is 8.38. The first-order chi connectivity index (χ1) is 37.4. The third-order valence-corrected chi connectivity index (χ3v) is 12.3. The molecule has 1 fully saturated rings. The second-order valence-electron chi connectivity index (χ2n) is 19.2. The zero-order valence-corrected chi connectivity index (χ0v) is 47.1. The third kappa shape index (κ3) is 31.1. The highest BCUT2D eigenvalue weighted by atomic mass is 16.7. The second kappa shape index (κ2) is 40.8. The van der Waals surface area contributed by atoms with E-state index >= 15 is 0 Å². The van der Waals surface area contributed by atoms with E-state index < -0.39 is 54.5 Å². The highest BCUT2D eigenvalue weighted by molar-refractivity contribution is 5.79. The molecule has 6 N–H and O–H groups in total. The van der Waals surface area contributed by atoms with E-state index in [-0.39, 0.29) is 80.9 Å². The van der Waals surface area contributed by atoms with Gasteiger partial charge in [-0.05, 0) is 69.9 Å². The number of hydrogen-bond acceptors (Lipinski definition) is 16. The van der Waals surface area contributed by atoms with Crippen molar-refractivity contribution in [3.8, 4) is 0 Å². The van der Waals surface area contributed by atoms with Gasteiger partial charge in [0, 0.05) is 131 Å². The van der Waals surface area contributed by atoms with Crippen LogP contribution >= 0.6 is 0 Å². The zero-order valence-electron chi connectivity index (χ0n) is 47.1. The van der Waals surface area contributed by atoms with Crippen LogP contribution in [-0.4, -0.2) is 167 Å². The lowest BCUT2D eigenvalue weighted by molar-refractivity contribution is -0.277. The molecule has 5 atom stereocenters. The van der Waals surface area contributed by atoms with Gasteiger partial charge < -0.3 is 65.4 Å². The summed E-state index contributed by atoms with van der Waals surface area (Å²) in [5, 5.41) is 17.1. The maximum atomic E-state index is 13.5. The van der Waals surface area contributed by atoms with Crippen LogP contribution < -0.4 is 36.8 Å². The first-order valence-electron chi connectivity index (χ1n) is 27.9. The molecule has 440 valence electrons. The Morgan fingerprint density at radius 1 is 0.513 bits per heavy atom. The van der Waals surface area contributed by atoms with Gasteiger partial charge in [-0.25, -0.2) is 0 Å². The van der Waals surface area contributed by atoms with Crippen LogP contribution in [0.4, 0.5) is 5.69 Å². The number of carbonyl (C=O) groups is 10. The van der Waals surface area contributed by atoms with Crippen LogP contribution in [-0.2, 0) is 71.6 Å². The SMILES string of the molecule is CCCCC(=O)NCCCC(=O)NCCCN(CCCN(CCCNC(=O)CCCNC(=O)CCCO[C@@H]1OC(COC(C)=O)[C@H](OC(C)=O)[C@H](OC(C)=O)C1NC(C)=O)c1ccccc1)C(=O)CCCNC(=O)CCCC. The van der Waals surface area contributed by atoms with Crippen LogP contribution in [0.15, 0.2) is 30.3 Å². The molecule has 0 aromatic heterocycles. The molecule has 0 radical (unpaired) electrons. The van der Waals surface area contributed by atoms with Crippen molar-refractivity contribution in [3.05, 3.63) is 30.3 Å². The number of hydrogen-bond donors (Lipinski definition) is 6. The summed E-state index contributed by atoms with van der Waals surface area (Å²) < 4.78 is 27.9. The average Bonchev–Trinajstić information content (AvgIpc) is 3.49. The third-order valence-electron chi connectivity index (χ3n) is 12.3. The average molecular weight is 1100 g/mol. The van der Waals surface area contributed by atoms with Gasteiger partial charge in [0.25, 0.3) is 0 Å². The minimum absolute atomic E-state index is 0.00272. The van der Waals surface area contributed by atoms with E-state index in [9.17, 15) is 47.9 Å². The van der Waals surface area contributed by atoms with E-state index in [2.05, 4.69) is 36.8 Å². The molecule has 78 heavy (non-hydrogen) atoms. The van der Waals surface area contributed by atoms with E-state index in [0.717, 1.165) is 45.2 Å². The summed E-state index contributed by atoms with van der Waals surface area (Å²) in [6, 6.07) is 8.77. The molecule has 1 aromatic carbocycles. The quantitative estimate of drug-likeness (QED) is 0.0312. The Labute approximate surface area is 460 Å². The highest BCUT2D eigenvalue weighted by Gasteiger charge is 2.51. The van der Waals surface area contributed by atoms with Crippen LogP contribution in [0.3, 0.4) is 0 Å². The van der Waals surface area contributed by atoms with E-state index in [1.54, 1.807) is 0 Å². The molecule has 2 unspecified atom stereocenters. The van der Waals surface area contributed by atoms with Crippen molar-refractivity contribution in [2.45, 2.75) is 181 Å². The maximum absolute atomic E-state index is 13.5. The summed E-state index contributed by atoms with van der Waals surface area (Å²) in [6.07, 6.45) is 3.97. The maximum Gasteiger partial charge on any atom is 0.303 e.